The highest BCUT2D eigenvalue weighted by Gasteiger charge is 2.34. The molecule has 0 fully saturated rings. The number of rotatable bonds is 5. The summed E-state index contributed by atoms with van der Waals surface area (Å²) in [5.74, 6) is -0.00990. The van der Waals surface area contributed by atoms with Crippen LogP contribution in [0.3, 0.4) is 0 Å². The number of hydrogen-bond donors (Lipinski definition) is 1. The van der Waals surface area contributed by atoms with E-state index in [0.717, 1.165) is 0 Å². The number of hydrogen-bond acceptors (Lipinski definition) is 5. The number of nitro groups is 1. The number of carbonyl (C=O) groups excluding carboxylic acids is 1. The Balaban J connectivity index is 2.15. The summed E-state index contributed by atoms with van der Waals surface area (Å²) in [5, 5.41) is 15.0. The van der Waals surface area contributed by atoms with E-state index >= 15 is 0 Å². The molecule has 8 heteroatoms. The first-order valence-corrected chi connectivity index (χ1v) is 8.93. The van der Waals surface area contributed by atoms with E-state index in [4.69, 9.17) is 17.0 Å². The Morgan fingerprint density at radius 3 is 2.54 bits per heavy atom. The zero-order chi connectivity index (χ0) is 20.4. The van der Waals surface area contributed by atoms with Gasteiger partial charge in [-0.25, -0.2) is 0 Å². The van der Waals surface area contributed by atoms with E-state index in [1.54, 1.807) is 42.3 Å². The Labute approximate surface area is 167 Å². The number of nitrogens with one attached hydrogen (secondary N) is 1. The molecule has 0 aliphatic carbocycles. The molecule has 2 aromatic rings. The molecule has 1 aliphatic rings. The zero-order valence-electron chi connectivity index (χ0n) is 15.6. The van der Waals surface area contributed by atoms with E-state index in [0.29, 0.717) is 27.5 Å². The van der Waals surface area contributed by atoms with E-state index in [-0.39, 0.29) is 17.2 Å². The summed E-state index contributed by atoms with van der Waals surface area (Å²) >= 11 is 5.38. The topological polar surface area (TPSA) is 84.7 Å². The molecule has 2 aromatic carbocycles. The van der Waals surface area contributed by atoms with Gasteiger partial charge in [0.15, 0.2) is 16.6 Å². The molecule has 0 bridgehead atoms. The molecular formula is C20H19N3O4S. The highest BCUT2D eigenvalue weighted by atomic mass is 32.1. The van der Waals surface area contributed by atoms with Crippen LogP contribution in [-0.2, 0) is 0 Å². The van der Waals surface area contributed by atoms with Crippen LogP contribution in [0.1, 0.15) is 28.9 Å². The minimum absolute atomic E-state index is 0.154. The molecule has 3 rings (SSSR count). The van der Waals surface area contributed by atoms with Crippen molar-refractivity contribution in [2.75, 3.05) is 14.2 Å². The SMILES string of the molecule is COc1ccc(C2NC(=S)N(C)C(C)=C2C(=O)c2ccccc2)cc1[N+](=O)[O-]. The number of nitro benzene ring substituents is 1. The average molecular weight is 397 g/mol. The van der Waals surface area contributed by atoms with Gasteiger partial charge in [0.1, 0.15) is 0 Å². The third kappa shape index (κ3) is 3.46. The molecule has 1 heterocycles. The maximum atomic E-state index is 13.3. The highest BCUT2D eigenvalue weighted by molar-refractivity contribution is 7.80. The lowest BCUT2D eigenvalue weighted by Crippen LogP contribution is -2.45. The van der Waals surface area contributed by atoms with Crippen molar-refractivity contribution in [3.05, 3.63) is 81.0 Å². The predicted octanol–water partition coefficient (Wildman–Crippen LogP) is 3.62. The van der Waals surface area contributed by atoms with Gasteiger partial charge in [-0.1, -0.05) is 36.4 Å². The molecular weight excluding hydrogens is 378 g/mol. The second-order valence-electron chi connectivity index (χ2n) is 6.32. The van der Waals surface area contributed by atoms with Crippen LogP contribution in [0.5, 0.6) is 5.75 Å². The van der Waals surface area contributed by atoms with Gasteiger partial charge in [-0.05, 0) is 30.8 Å². The van der Waals surface area contributed by atoms with E-state index in [9.17, 15) is 14.9 Å². The smallest absolute Gasteiger partial charge is 0.311 e. The quantitative estimate of drug-likeness (QED) is 0.357. The molecule has 1 atom stereocenters. The number of Topliss-reactive ketones (excluding diaryl/α,β-unsaturated/α-hetero) is 1. The first kappa shape index (κ1) is 19.5. The maximum Gasteiger partial charge on any atom is 0.311 e. The first-order chi connectivity index (χ1) is 13.3. The second kappa shape index (κ2) is 7.77. The number of carbonyl (C=O) groups is 1. The van der Waals surface area contributed by atoms with Crippen molar-refractivity contribution in [2.24, 2.45) is 0 Å². The summed E-state index contributed by atoms with van der Waals surface area (Å²) in [6.07, 6.45) is 0. The molecule has 144 valence electrons. The maximum absolute atomic E-state index is 13.3. The standard InChI is InChI=1S/C20H19N3O4S/c1-12-17(19(24)13-7-5-4-6-8-13)18(21-20(28)22(12)2)14-9-10-16(27-3)15(11-14)23(25)26/h4-11,18H,1-3H3,(H,21,28). The van der Waals surface area contributed by atoms with E-state index in [1.807, 2.05) is 13.0 Å². The fourth-order valence-corrected chi connectivity index (χ4v) is 3.41. The molecule has 0 radical (unpaired) electrons. The van der Waals surface area contributed by atoms with Gasteiger partial charge < -0.3 is 15.0 Å². The highest BCUT2D eigenvalue weighted by Crippen LogP contribution is 2.36. The normalized spacial score (nSPS) is 16.6. The van der Waals surface area contributed by atoms with Gasteiger partial charge in [-0.15, -0.1) is 0 Å². The lowest BCUT2D eigenvalue weighted by molar-refractivity contribution is -0.385. The number of methoxy groups -OCH3 is 1. The van der Waals surface area contributed by atoms with Crippen LogP contribution in [0.15, 0.2) is 59.8 Å². The molecule has 1 unspecified atom stereocenters. The number of benzene rings is 2. The van der Waals surface area contributed by atoms with Crippen molar-refractivity contribution in [2.45, 2.75) is 13.0 Å². The van der Waals surface area contributed by atoms with Gasteiger partial charge in [-0.2, -0.15) is 0 Å². The van der Waals surface area contributed by atoms with E-state index in [1.165, 1.54) is 19.2 Å². The summed E-state index contributed by atoms with van der Waals surface area (Å²) in [6.45, 7) is 1.81. The second-order valence-corrected chi connectivity index (χ2v) is 6.71. The van der Waals surface area contributed by atoms with Crippen LogP contribution < -0.4 is 10.1 Å². The first-order valence-electron chi connectivity index (χ1n) is 8.52. The summed E-state index contributed by atoms with van der Waals surface area (Å²) < 4.78 is 5.08. The van der Waals surface area contributed by atoms with Crippen LogP contribution in [0.25, 0.3) is 0 Å². The van der Waals surface area contributed by atoms with Crippen LogP contribution in [0.2, 0.25) is 0 Å². The average Bonchev–Trinajstić information content (AvgIpc) is 2.71. The van der Waals surface area contributed by atoms with Crippen molar-refractivity contribution in [3.8, 4) is 5.75 Å². The van der Waals surface area contributed by atoms with Crippen LogP contribution >= 0.6 is 12.2 Å². The van der Waals surface area contributed by atoms with Crippen molar-refractivity contribution in [1.82, 2.24) is 10.2 Å². The van der Waals surface area contributed by atoms with Gasteiger partial charge in [0.2, 0.25) is 0 Å². The molecule has 0 saturated carbocycles. The molecule has 7 nitrogen and oxygen atoms in total. The third-order valence-corrected chi connectivity index (χ3v) is 5.16. The number of allylic oxidation sites excluding steroid dienone is 1. The molecule has 0 aromatic heterocycles. The summed E-state index contributed by atoms with van der Waals surface area (Å²) in [4.78, 5) is 25.9. The summed E-state index contributed by atoms with van der Waals surface area (Å²) in [6, 6.07) is 12.9. The molecule has 1 aliphatic heterocycles. The monoisotopic (exact) mass is 397 g/mol. The van der Waals surface area contributed by atoms with Gasteiger partial charge in [0, 0.05) is 29.9 Å². The number of ketones is 1. The molecule has 0 spiro atoms. The Hall–Kier alpha value is -3.26. The van der Waals surface area contributed by atoms with E-state index in [2.05, 4.69) is 5.32 Å². The lowest BCUT2D eigenvalue weighted by Gasteiger charge is -2.35. The van der Waals surface area contributed by atoms with Crippen molar-refractivity contribution >= 4 is 28.8 Å². The zero-order valence-corrected chi connectivity index (χ0v) is 16.4. The van der Waals surface area contributed by atoms with Crippen molar-refractivity contribution in [1.29, 1.82) is 0 Å². The molecule has 0 amide bonds. The van der Waals surface area contributed by atoms with Crippen molar-refractivity contribution in [3.63, 3.8) is 0 Å². The van der Waals surface area contributed by atoms with Crippen molar-refractivity contribution < 1.29 is 14.5 Å². The predicted molar refractivity (Wildman–Crippen MR) is 109 cm³/mol. The fraction of sp³-hybridized carbons (Fsp3) is 0.200. The summed E-state index contributed by atoms with van der Waals surface area (Å²) in [5.41, 5.74) is 2.10. The van der Waals surface area contributed by atoms with Gasteiger partial charge in [0.05, 0.1) is 18.1 Å². The van der Waals surface area contributed by atoms with Gasteiger partial charge >= 0.3 is 5.69 Å². The Kier molecular flexibility index (Phi) is 5.41. The van der Waals surface area contributed by atoms with Crippen LogP contribution in [0, 0.1) is 10.1 Å². The van der Waals surface area contributed by atoms with Gasteiger partial charge in [-0.3, -0.25) is 14.9 Å². The summed E-state index contributed by atoms with van der Waals surface area (Å²) in [7, 11) is 3.15. The van der Waals surface area contributed by atoms with E-state index < -0.39 is 11.0 Å². The minimum Gasteiger partial charge on any atom is -0.490 e. The van der Waals surface area contributed by atoms with Crippen LogP contribution in [0.4, 0.5) is 5.69 Å². The Bertz CT molecular complexity index is 988. The third-order valence-electron chi connectivity index (χ3n) is 4.77. The van der Waals surface area contributed by atoms with Gasteiger partial charge in [0.25, 0.3) is 0 Å². The Morgan fingerprint density at radius 2 is 1.93 bits per heavy atom. The molecule has 1 N–H and O–H groups in total. The molecule has 0 saturated heterocycles. The fourth-order valence-electron chi connectivity index (χ4n) is 3.15. The largest absolute Gasteiger partial charge is 0.490 e. The van der Waals surface area contributed by atoms with Crippen LogP contribution in [-0.4, -0.2) is 34.9 Å². The Morgan fingerprint density at radius 1 is 1.25 bits per heavy atom. The molecule has 28 heavy (non-hydrogen) atoms. The number of nitrogens with zero attached hydrogens (tertiary/aromatic N) is 2. The lowest BCUT2D eigenvalue weighted by atomic mass is 9.89. The minimum atomic E-state index is -0.610. The number of ether oxygens (including phenoxy) is 1. The number of thiocarbonyl (C=S) groups is 1.